The minimum atomic E-state index is -0.568. The van der Waals surface area contributed by atoms with Crippen LogP contribution < -0.4 is 0 Å². The number of fused-ring (bicyclic) bond motifs is 3. The Labute approximate surface area is 94.8 Å². The fourth-order valence-corrected chi connectivity index (χ4v) is 3.62. The molecule has 1 aliphatic heterocycles. The molecule has 3 nitrogen and oxygen atoms in total. The van der Waals surface area contributed by atoms with E-state index >= 15 is 0 Å². The smallest absolute Gasteiger partial charge is 0.320 e. The Kier molecular flexibility index (Phi) is 2.00. The van der Waals surface area contributed by atoms with Gasteiger partial charge in [-0.1, -0.05) is 18.1 Å². The molecule has 0 N–H and O–H groups in total. The summed E-state index contributed by atoms with van der Waals surface area (Å²) in [6.45, 7) is 1.92. The quantitative estimate of drug-likeness (QED) is 0.357. The zero-order valence-corrected chi connectivity index (χ0v) is 9.49. The number of rotatable bonds is 0. The van der Waals surface area contributed by atoms with E-state index in [9.17, 15) is 9.59 Å². The Morgan fingerprint density at radius 1 is 1.31 bits per heavy atom. The number of esters is 2. The third-order valence-electron chi connectivity index (χ3n) is 4.64. The van der Waals surface area contributed by atoms with Gasteiger partial charge in [0.15, 0.2) is 0 Å². The topological polar surface area (TPSA) is 43.4 Å². The van der Waals surface area contributed by atoms with E-state index in [1.807, 2.05) is 6.92 Å². The van der Waals surface area contributed by atoms with Gasteiger partial charge in [-0.25, -0.2) is 0 Å². The summed E-state index contributed by atoms with van der Waals surface area (Å²) in [5.74, 6) is -0.584. The van der Waals surface area contributed by atoms with Crippen molar-refractivity contribution in [3.05, 3.63) is 11.6 Å². The molecule has 0 unspecified atom stereocenters. The highest BCUT2D eigenvalue weighted by Crippen LogP contribution is 2.54. The molecule has 1 saturated carbocycles. The fourth-order valence-electron chi connectivity index (χ4n) is 3.62. The van der Waals surface area contributed by atoms with Gasteiger partial charge in [0, 0.05) is 0 Å². The van der Waals surface area contributed by atoms with Crippen molar-refractivity contribution >= 4 is 11.9 Å². The molecule has 3 rings (SSSR count). The second-order valence-corrected chi connectivity index (χ2v) is 5.36. The molecule has 16 heavy (non-hydrogen) atoms. The Balaban J connectivity index is 2.06. The van der Waals surface area contributed by atoms with Crippen molar-refractivity contribution in [3.63, 3.8) is 0 Å². The van der Waals surface area contributed by atoms with Crippen LogP contribution >= 0.6 is 0 Å². The summed E-state index contributed by atoms with van der Waals surface area (Å²) in [7, 11) is 0. The summed E-state index contributed by atoms with van der Waals surface area (Å²) in [6.07, 6.45) is 7.36. The SMILES string of the molecule is C[C@@]12C(=O)OC(=O)[C@@H]1CC=C1CCCC[C@@H]12. The van der Waals surface area contributed by atoms with Crippen LogP contribution in [0.5, 0.6) is 0 Å². The standard InChI is InChI=1S/C13H16O3/c1-13-9-5-3-2-4-8(9)6-7-10(13)11(14)16-12(13)15/h6,9-10H,2-5,7H2,1H3/t9-,10-,13-/m0/s1. The lowest BCUT2D eigenvalue weighted by Crippen LogP contribution is -2.42. The van der Waals surface area contributed by atoms with E-state index in [1.165, 1.54) is 12.0 Å². The summed E-state index contributed by atoms with van der Waals surface area (Å²) in [5.41, 5.74) is 0.818. The number of hydrogen-bond donors (Lipinski definition) is 0. The van der Waals surface area contributed by atoms with Crippen LogP contribution in [0.1, 0.15) is 39.0 Å². The summed E-state index contributed by atoms with van der Waals surface area (Å²) < 4.78 is 4.85. The largest absolute Gasteiger partial charge is 0.392 e. The van der Waals surface area contributed by atoms with Crippen molar-refractivity contribution in [2.45, 2.75) is 39.0 Å². The normalized spacial score (nSPS) is 42.2. The zero-order valence-electron chi connectivity index (χ0n) is 9.49. The molecule has 0 aromatic heterocycles. The first-order chi connectivity index (χ1) is 7.64. The summed E-state index contributed by atoms with van der Waals surface area (Å²) in [6, 6.07) is 0. The molecule has 0 bridgehead atoms. The van der Waals surface area contributed by atoms with Gasteiger partial charge in [0.1, 0.15) is 0 Å². The predicted molar refractivity (Wildman–Crippen MR) is 57.4 cm³/mol. The molecule has 86 valence electrons. The molecule has 0 amide bonds. The minimum Gasteiger partial charge on any atom is -0.392 e. The van der Waals surface area contributed by atoms with E-state index in [4.69, 9.17) is 4.74 Å². The van der Waals surface area contributed by atoms with Gasteiger partial charge in [-0.05, 0) is 38.5 Å². The van der Waals surface area contributed by atoms with Gasteiger partial charge < -0.3 is 4.74 Å². The van der Waals surface area contributed by atoms with E-state index in [2.05, 4.69) is 6.08 Å². The number of allylic oxidation sites excluding steroid dienone is 2. The van der Waals surface area contributed by atoms with Crippen molar-refractivity contribution in [3.8, 4) is 0 Å². The molecule has 3 aliphatic rings. The van der Waals surface area contributed by atoms with Crippen molar-refractivity contribution < 1.29 is 14.3 Å². The van der Waals surface area contributed by atoms with E-state index in [-0.39, 0.29) is 23.8 Å². The van der Waals surface area contributed by atoms with Crippen LogP contribution in [0, 0.1) is 17.3 Å². The summed E-state index contributed by atoms with van der Waals surface area (Å²) in [5, 5.41) is 0. The fraction of sp³-hybridized carbons (Fsp3) is 0.692. The van der Waals surface area contributed by atoms with Crippen molar-refractivity contribution in [1.82, 2.24) is 0 Å². The van der Waals surface area contributed by atoms with E-state index in [1.54, 1.807) is 0 Å². The lowest BCUT2D eigenvalue weighted by atomic mass is 9.58. The third-order valence-corrected chi connectivity index (χ3v) is 4.64. The van der Waals surface area contributed by atoms with Crippen molar-refractivity contribution in [1.29, 1.82) is 0 Å². The third kappa shape index (κ3) is 1.09. The molecule has 0 radical (unpaired) electrons. The second-order valence-electron chi connectivity index (χ2n) is 5.36. The molecule has 2 fully saturated rings. The molecule has 0 aromatic carbocycles. The minimum absolute atomic E-state index is 0.230. The van der Waals surface area contributed by atoms with Gasteiger partial charge in [0.05, 0.1) is 11.3 Å². The van der Waals surface area contributed by atoms with Crippen LogP contribution in [0.3, 0.4) is 0 Å². The number of cyclic esters (lactones) is 2. The van der Waals surface area contributed by atoms with Crippen LogP contribution in [-0.4, -0.2) is 11.9 Å². The molecule has 2 aliphatic carbocycles. The first-order valence-corrected chi connectivity index (χ1v) is 6.09. The lowest BCUT2D eigenvalue weighted by Gasteiger charge is -2.41. The highest BCUT2D eigenvalue weighted by Gasteiger charge is 2.60. The molecular weight excluding hydrogens is 204 g/mol. The van der Waals surface area contributed by atoms with Gasteiger partial charge in [0.25, 0.3) is 0 Å². The molecule has 0 aromatic rings. The Morgan fingerprint density at radius 3 is 2.94 bits per heavy atom. The van der Waals surface area contributed by atoms with Crippen LogP contribution in [0.25, 0.3) is 0 Å². The number of ether oxygens (including phenoxy) is 1. The van der Waals surface area contributed by atoms with Gasteiger partial charge in [-0.2, -0.15) is 0 Å². The molecule has 3 heteroatoms. The molecule has 1 heterocycles. The average molecular weight is 220 g/mol. The highest BCUT2D eigenvalue weighted by atomic mass is 16.6. The van der Waals surface area contributed by atoms with Crippen molar-refractivity contribution in [2.75, 3.05) is 0 Å². The molecule has 3 atom stereocenters. The molecular formula is C13H16O3. The first kappa shape index (κ1) is 10.1. The molecule has 0 spiro atoms. The van der Waals surface area contributed by atoms with Crippen LogP contribution in [0.4, 0.5) is 0 Å². The van der Waals surface area contributed by atoms with Gasteiger partial charge in [-0.15, -0.1) is 0 Å². The van der Waals surface area contributed by atoms with E-state index in [0.717, 1.165) is 19.3 Å². The summed E-state index contributed by atoms with van der Waals surface area (Å²) in [4.78, 5) is 23.6. The number of carbonyl (C=O) groups is 2. The maximum Gasteiger partial charge on any atom is 0.320 e. The number of hydrogen-bond acceptors (Lipinski definition) is 3. The van der Waals surface area contributed by atoms with E-state index in [0.29, 0.717) is 6.42 Å². The Hall–Kier alpha value is -1.12. The van der Waals surface area contributed by atoms with Crippen molar-refractivity contribution in [2.24, 2.45) is 17.3 Å². The van der Waals surface area contributed by atoms with E-state index < -0.39 is 5.41 Å². The van der Waals surface area contributed by atoms with Crippen LogP contribution in [0.2, 0.25) is 0 Å². The van der Waals surface area contributed by atoms with Gasteiger partial charge in [-0.3, -0.25) is 9.59 Å². The maximum absolute atomic E-state index is 11.9. The Morgan fingerprint density at radius 2 is 2.12 bits per heavy atom. The highest BCUT2D eigenvalue weighted by molar-refractivity contribution is 5.99. The van der Waals surface area contributed by atoms with Gasteiger partial charge in [0.2, 0.25) is 0 Å². The second kappa shape index (κ2) is 3.19. The maximum atomic E-state index is 11.9. The predicted octanol–water partition coefficient (Wildman–Crippen LogP) is 2.21. The van der Waals surface area contributed by atoms with Crippen LogP contribution in [0.15, 0.2) is 11.6 Å². The average Bonchev–Trinajstić information content (AvgIpc) is 2.51. The Bertz CT molecular complexity index is 396. The summed E-state index contributed by atoms with van der Waals surface area (Å²) >= 11 is 0. The zero-order chi connectivity index (χ0) is 11.3. The molecule has 1 saturated heterocycles. The number of carbonyl (C=O) groups excluding carboxylic acids is 2. The first-order valence-electron chi connectivity index (χ1n) is 6.09. The van der Waals surface area contributed by atoms with Crippen LogP contribution in [-0.2, 0) is 14.3 Å². The van der Waals surface area contributed by atoms with Gasteiger partial charge >= 0.3 is 11.9 Å². The monoisotopic (exact) mass is 220 g/mol. The lowest BCUT2D eigenvalue weighted by molar-refractivity contribution is -0.155.